The van der Waals surface area contributed by atoms with Gasteiger partial charge in [-0.1, -0.05) is 6.07 Å². The fourth-order valence-electron chi connectivity index (χ4n) is 1.52. The van der Waals surface area contributed by atoms with Crippen molar-refractivity contribution in [1.29, 1.82) is 0 Å². The second-order valence-corrected chi connectivity index (χ2v) is 4.13. The van der Waals surface area contributed by atoms with E-state index < -0.39 is 28.9 Å². The van der Waals surface area contributed by atoms with Crippen molar-refractivity contribution in [3.8, 4) is 5.75 Å². The van der Waals surface area contributed by atoms with E-state index in [-0.39, 0.29) is 12.6 Å². The topological polar surface area (TPSA) is 83.6 Å². The second kappa shape index (κ2) is 5.48. The molecule has 18 heavy (non-hydrogen) atoms. The Hall–Kier alpha value is -2.11. The number of carbonyl (C=O) groups is 2. The van der Waals surface area contributed by atoms with Gasteiger partial charge in [0.15, 0.2) is 0 Å². The molecule has 0 heterocycles. The molecule has 0 aliphatic heterocycles. The lowest BCUT2D eigenvalue weighted by molar-refractivity contribution is -0.119. The van der Waals surface area contributed by atoms with Crippen LogP contribution < -0.4 is 5.73 Å². The lowest BCUT2D eigenvalue weighted by Gasteiger charge is -2.25. The molecule has 0 atom stereocenters. The number of hydrogen-bond acceptors (Lipinski definition) is 3. The molecule has 0 fully saturated rings. The van der Waals surface area contributed by atoms with Crippen LogP contribution in [0.15, 0.2) is 18.2 Å². The molecule has 0 aromatic heterocycles. The van der Waals surface area contributed by atoms with E-state index in [1.54, 1.807) is 13.8 Å². The molecule has 0 aliphatic carbocycles. The third-order valence-electron chi connectivity index (χ3n) is 2.42. The molecular formula is C12H15FN2O3. The van der Waals surface area contributed by atoms with Gasteiger partial charge in [-0.05, 0) is 26.0 Å². The number of nitrogens with zero attached hydrogens (tertiary/aromatic N) is 1. The predicted octanol–water partition coefficient (Wildman–Crippen LogP) is 0.867. The van der Waals surface area contributed by atoms with Crippen LogP contribution in [0.4, 0.5) is 4.39 Å². The molecule has 0 radical (unpaired) electrons. The molecule has 0 bridgehead atoms. The molecule has 0 spiro atoms. The van der Waals surface area contributed by atoms with Crippen molar-refractivity contribution in [2.45, 2.75) is 19.9 Å². The maximum absolute atomic E-state index is 13.5. The summed E-state index contributed by atoms with van der Waals surface area (Å²) in [5.74, 6) is -2.77. The molecule has 0 saturated heterocycles. The Morgan fingerprint density at radius 3 is 2.50 bits per heavy atom. The van der Waals surface area contributed by atoms with E-state index in [9.17, 15) is 19.1 Å². The summed E-state index contributed by atoms with van der Waals surface area (Å²) in [7, 11) is 0. The molecule has 3 N–H and O–H groups in total. The van der Waals surface area contributed by atoms with Gasteiger partial charge in [-0.25, -0.2) is 4.39 Å². The van der Waals surface area contributed by atoms with Gasteiger partial charge < -0.3 is 15.7 Å². The van der Waals surface area contributed by atoms with Crippen LogP contribution >= 0.6 is 0 Å². The monoisotopic (exact) mass is 254 g/mol. The molecule has 5 nitrogen and oxygen atoms in total. The van der Waals surface area contributed by atoms with Gasteiger partial charge in [0.05, 0.1) is 6.54 Å². The highest BCUT2D eigenvalue weighted by Gasteiger charge is 2.25. The quantitative estimate of drug-likeness (QED) is 0.836. The zero-order valence-corrected chi connectivity index (χ0v) is 10.2. The first kappa shape index (κ1) is 14.0. The van der Waals surface area contributed by atoms with E-state index in [1.807, 2.05) is 0 Å². The van der Waals surface area contributed by atoms with Crippen LogP contribution in [-0.2, 0) is 4.79 Å². The first-order chi connectivity index (χ1) is 8.34. The number of nitrogens with two attached hydrogens (primary N) is 1. The summed E-state index contributed by atoms with van der Waals surface area (Å²) < 4.78 is 13.5. The van der Waals surface area contributed by atoms with Gasteiger partial charge >= 0.3 is 0 Å². The SMILES string of the molecule is CC(C)N(CC(N)=O)C(=O)c1c(O)cccc1F. The minimum atomic E-state index is -0.838. The molecule has 2 amide bonds. The highest BCUT2D eigenvalue weighted by Crippen LogP contribution is 2.22. The van der Waals surface area contributed by atoms with Gasteiger partial charge in [0.1, 0.15) is 17.1 Å². The lowest BCUT2D eigenvalue weighted by Crippen LogP contribution is -2.43. The maximum atomic E-state index is 13.5. The third kappa shape index (κ3) is 2.97. The van der Waals surface area contributed by atoms with Crippen LogP contribution in [0.5, 0.6) is 5.75 Å². The fourth-order valence-corrected chi connectivity index (χ4v) is 1.52. The summed E-state index contributed by atoms with van der Waals surface area (Å²) in [5.41, 5.74) is 4.58. The Balaban J connectivity index is 3.14. The summed E-state index contributed by atoms with van der Waals surface area (Å²) in [6.45, 7) is 3.00. The van der Waals surface area contributed by atoms with Crippen molar-refractivity contribution in [2.75, 3.05) is 6.54 Å². The largest absolute Gasteiger partial charge is 0.507 e. The summed E-state index contributed by atoms with van der Waals surface area (Å²) in [5, 5.41) is 9.52. The van der Waals surface area contributed by atoms with Gasteiger partial charge in [-0.2, -0.15) is 0 Å². The van der Waals surface area contributed by atoms with Crippen molar-refractivity contribution < 1.29 is 19.1 Å². The third-order valence-corrected chi connectivity index (χ3v) is 2.42. The van der Waals surface area contributed by atoms with Crippen molar-refractivity contribution in [3.05, 3.63) is 29.6 Å². The van der Waals surface area contributed by atoms with Crippen molar-refractivity contribution in [2.24, 2.45) is 5.73 Å². The van der Waals surface area contributed by atoms with E-state index in [0.29, 0.717) is 0 Å². The maximum Gasteiger partial charge on any atom is 0.261 e. The van der Waals surface area contributed by atoms with Gasteiger partial charge in [0, 0.05) is 6.04 Å². The van der Waals surface area contributed by atoms with Crippen LogP contribution in [0.2, 0.25) is 0 Å². The Morgan fingerprint density at radius 2 is 2.06 bits per heavy atom. The number of hydrogen-bond donors (Lipinski definition) is 2. The highest BCUT2D eigenvalue weighted by atomic mass is 19.1. The van der Waals surface area contributed by atoms with Crippen molar-refractivity contribution >= 4 is 11.8 Å². The Morgan fingerprint density at radius 1 is 1.44 bits per heavy atom. The molecule has 0 aliphatic rings. The van der Waals surface area contributed by atoms with E-state index in [2.05, 4.69) is 0 Å². The number of rotatable bonds is 4. The van der Waals surface area contributed by atoms with Crippen LogP contribution in [0.25, 0.3) is 0 Å². The zero-order chi connectivity index (χ0) is 13.9. The number of amides is 2. The normalized spacial score (nSPS) is 10.4. The molecule has 0 saturated carbocycles. The molecule has 1 rings (SSSR count). The summed E-state index contributed by atoms with van der Waals surface area (Å²) in [6.07, 6.45) is 0. The van der Waals surface area contributed by atoms with Crippen molar-refractivity contribution in [1.82, 2.24) is 4.90 Å². The first-order valence-corrected chi connectivity index (χ1v) is 5.41. The average molecular weight is 254 g/mol. The fraction of sp³-hybridized carbons (Fsp3) is 0.333. The van der Waals surface area contributed by atoms with Gasteiger partial charge in [-0.15, -0.1) is 0 Å². The summed E-state index contributed by atoms with van der Waals surface area (Å²) in [6, 6.07) is 3.22. The number of halogens is 1. The minimum absolute atomic E-state index is 0.329. The Labute approximate surface area is 104 Å². The van der Waals surface area contributed by atoms with Crippen LogP contribution in [0.3, 0.4) is 0 Å². The van der Waals surface area contributed by atoms with Crippen LogP contribution in [0, 0.1) is 5.82 Å². The zero-order valence-electron chi connectivity index (χ0n) is 10.2. The number of benzene rings is 1. The number of primary amides is 1. The predicted molar refractivity (Wildman–Crippen MR) is 63.4 cm³/mol. The smallest absolute Gasteiger partial charge is 0.261 e. The summed E-state index contributed by atoms with van der Waals surface area (Å²) >= 11 is 0. The highest BCUT2D eigenvalue weighted by molar-refractivity contribution is 5.99. The van der Waals surface area contributed by atoms with Gasteiger partial charge in [-0.3, -0.25) is 9.59 Å². The summed E-state index contributed by atoms with van der Waals surface area (Å²) in [4.78, 5) is 24.1. The first-order valence-electron chi connectivity index (χ1n) is 5.41. The minimum Gasteiger partial charge on any atom is -0.507 e. The Bertz CT molecular complexity index is 454. The van der Waals surface area contributed by atoms with E-state index in [4.69, 9.17) is 5.73 Å². The molecule has 98 valence electrons. The number of phenolic OH excluding ortho intramolecular Hbond substituents is 1. The van der Waals surface area contributed by atoms with E-state index >= 15 is 0 Å². The second-order valence-electron chi connectivity index (χ2n) is 4.13. The van der Waals surface area contributed by atoms with E-state index in [0.717, 1.165) is 11.0 Å². The molecule has 1 aromatic carbocycles. The Kier molecular flexibility index (Phi) is 4.25. The number of phenols is 1. The molecule has 1 aromatic rings. The number of aromatic hydroxyl groups is 1. The van der Waals surface area contributed by atoms with Crippen LogP contribution in [0.1, 0.15) is 24.2 Å². The van der Waals surface area contributed by atoms with Crippen LogP contribution in [-0.4, -0.2) is 34.4 Å². The van der Waals surface area contributed by atoms with Gasteiger partial charge in [0.2, 0.25) is 5.91 Å². The van der Waals surface area contributed by atoms with Crippen molar-refractivity contribution in [3.63, 3.8) is 0 Å². The standard InChI is InChI=1S/C12H15FN2O3/c1-7(2)15(6-10(14)17)12(18)11-8(13)4-3-5-9(11)16/h3-5,7,16H,6H2,1-2H3,(H2,14,17). The molecule has 6 heteroatoms. The molecular weight excluding hydrogens is 239 g/mol. The average Bonchev–Trinajstić information content (AvgIpc) is 2.24. The molecule has 0 unspecified atom stereocenters. The van der Waals surface area contributed by atoms with Gasteiger partial charge in [0.25, 0.3) is 5.91 Å². The number of carbonyl (C=O) groups excluding carboxylic acids is 2. The van der Waals surface area contributed by atoms with E-state index in [1.165, 1.54) is 12.1 Å². The lowest BCUT2D eigenvalue weighted by atomic mass is 10.1.